The highest BCUT2D eigenvalue weighted by molar-refractivity contribution is 7.11. The Balaban J connectivity index is 1.78. The Morgan fingerprint density at radius 3 is 2.33 bits per heavy atom. The topological polar surface area (TPSA) is 40.6 Å². The van der Waals surface area contributed by atoms with Crippen LogP contribution in [0.4, 0.5) is 0 Å². The van der Waals surface area contributed by atoms with Crippen LogP contribution in [0.2, 0.25) is 0 Å². The number of thiophene rings is 1. The Morgan fingerprint density at radius 1 is 1.03 bits per heavy atom. The first-order chi connectivity index (χ1) is 14.4. The molecule has 1 saturated carbocycles. The maximum absolute atomic E-state index is 13.4. The average molecular weight is 467 g/mol. The van der Waals surface area contributed by atoms with E-state index in [0.717, 1.165) is 42.5 Å². The normalized spacial score (nSPS) is 14.7. The second kappa shape index (κ2) is 11.2. The van der Waals surface area contributed by atoms with Gasteiger partial charge in [0.1, 0.15) is 6.54 Å². The second-order valence-electron chi connectivity index (χ2n) is 7.81. The lowest BCUT2D eigenvalue weighted by Crippen LogP contribution is -2.49. The molecule has 1 aliphatic rings. The van der Waals surface area contributed by atoms with Gasteiger partial charge in [-0.15, -0.1) is 11.3 Å². The molecule has 1 aromatic carbocycles. The third-order valence-electron chi connectivity index (χ3n) is 5.50. The van der Waals surface area contributed by atoms with Crippen molar-refractivity contribution in [3.05, 3.63) is 57.8 Å². The summed E-state index contributed by atoms with van der Waals surface area (Å²) >= 11 is 13.5. The minimum atomic E-state index is -1.15. The van der Waals surface area contributed by atoms with E-state index in [1.165, 1.54) is 4.88 Å². The van der Waals surface area contributed by atoms with Crippen molar-refractivity contribution in [1.82, 2.24) is 9.80 Å². The van der Waals surface area contributed by atoms with Gasteiger partial charge in [0.05, 0.1) is 6.54 Å². The van der Waals surface area contributed by atoms with Crippen molar-refractivity contribution in [2.45, 2.75) is 63.0 Å². The van der Waals surface area contributed by atoms with Crippen molar-refractivity contribution in [3.63, 3.8) is 0 Å². The predicted octanol–water partition coefficient (Wildman–Crippen LogP) is 5.55. The van der Waals surface area contributed by atoms with E-state index in [2.05, 4.69) is 19.1 Å². The summed E-state index contributed by atoms with van der Waals surface area (Å²) < 4.78 is 0. The average Bonchev–Trinajstić information content (AvgIpc) is 3.16. The molecule has 0 radical (unpaired) electrons. The molecule has 1 heterocycles. The first kappa shape index (κ1) is 23.1. The van der Waals surface area contributed by atoms with Crippen LogP contribution >= 0.6 is 34.5 Å². The molecule has 1 fully saturated rings. The Hall–Kier alpha value is -1.56. The molecule has 162 valence electrons. The molecule has 0 bridgehead atoms. The van der Waals surface area contributed by atoms with Crippen molar-refractivity contribution in [2.75, 3.05) is 6.54 Å². The Bertz CT molecular complexity index is 835. The van der Waals surface area contributed by atoms with Gasteiger partial charge in [-0.1, -0.05) is 72.8 Å². The number of rotatable bonds is 8. The lowest BCUT2D eigenvalue weighted by Gasteiger charge is -2.35. The van der Waals surface area contributed by atoms with Crippen LogP contribution < -0.4 is 0 Å². The number of hydrogen-bond acceptors (Lipinski definition) is 3. The summed E-state index contributed by atoms with van der Waals surface area (Å²) in [5, 5.41) is 0. The van der Waals surface area contributed by atoms with Crippen LogP contribution in [-0.2, 0) is 22.7 Å². The number of benzene rings is 1. The van der Waals surface area contributed by atoms with Gasteiger partial charge in [0, 0.05) is 22.3 Å². The van der Waals surface area contributed by atoms with E-state index in [-0.39, 0.29) is 24.4 Å². The molecular weight excluding hydrogens is 439 g/mol. The quantitative estimate of drug-likeness (QED) is 0.478. The van der Waals surface area contributed by atoms with Gasteiger partial charge in [0.25, 0.3) is 5.91 Å². The van der Waals surface area contributed by atoms with Crippen molar-refractivity contribution in [2.24, 2.45) is 0 Å². The Kier molecular flexibility index (Phi) is 8.61. The first-order valence-corrected chi connectivity index (χ1v) is 12.1. The van der Waals surface area contributed by atoms with Crippen molar-refractivity contribution in [1.29, 1.82) is 0 Å². The summed E-state index contributed by atoms with van der Waals surface area (Å²) in [5.41, 5.74) is 1.06. The molecule has 1 aliphatic carbocycles. The van der Waals surface area contributed by atoms with Crippen LogP contribution in [0.5, 0.6) is 0 Å². The summed E-state index contributed by atoms with van der Waals surface area (Å²) in [7, 11) is 0. The molecule has 3 rings (SSSR count). The highest BCUT2D eigenvalue weighted by Crippen LogP contribution is 2.25. The fraction of sp³-hybridized carbons (Fsp3) is 0.478. The lowest BCUT2D eigenvalue weighted by atomic mass is 9.94. The maximum Gasteiger partial charge on any atom is 0.256 e. The lowest BCUT2D eigenvalue weighted by molar-refractivity contribution is -0.142. The van der Waals surface area contributed by atoms with Crippen LogP contribution in [-0.4, -0.2) is 39.0 Å². The summed E-state index contributed by atoms with van der Waals surface area (Å²) in [6.45, 7) is 3.08. The standard InChI is InChI=1S/C23H28Cl2N2O2S/c1-17-12-13-20(30-17)15-26(14-18-8-4-2-5-9-18)21(28)16-27(23(29)22(24)25)19-10-6-3-7-11-19/h2,4-5,8-9,12-13,19,22H,3,6-7,10-11,14-16H2,1H3. The Morgan fingerprint density at radius 2 is 1.73 bits per heavy atom. The van der Waals surface area contributed by atoms with Gasteiger partial charge in [-0.2, -0.15) is 0 Å². The maximum atomic E-state index is 13.4. The number of halogens is 2. The SMILES string of the molecule is Cc1ccc(CN(Cc2ccccc2)C(=O)CN(C(=O)C(Cl)Cl)C2CCCCC2)s1. The predicted molar refractivity (Wildman–Crippen MR) is 124 cm³/mol. The molecule has 1 aromatic heterocycles. The van der Waals surface area contributed by atoms with Crippen LogP contribution in [0.1, 0.15) is 47.4 Å². The zero-order valence-corrected chi connectivity index (χ0v) is 19.6. The highest BCUT2D eigenvalue weighted by Gasteiger charge is 2.31. The van der Waals surface area contributed by atoms with Gasteiger partial charge in [-0.3, -0.25) is 9.59 Å². The van der Waals surface area contributed by atoms with E-state index < -0.39 is 4.84 Å². The van der Waals surface area contributed by atoms with Crippen molar-refractivity contribution < 1.29 is 9.59 Å². The van der Waals surface area contributed by atoms with Crippen LogP contribution in [0.15, 0.2) is 42.5 Å². The minimum absolute atomic E-state index is 0.0105. The van der Waals surface area contributed by atoms with Gasteiger partial charge in [0.15, 0.2) is 4.84 Å². The third kappa shape index (κ3) is 6.47. The van der Waals surface area contributed by atoms with Crippen molar-refractivity contribution >= 4 is 46.4 Å². The molecule has 30 heavy (non-hydrogen) atoms. The summed E-state index contributed by atoms with van der Waals surface area (Å²) in [5.74, 6) is -0.456. The minimum Gasteiger partial charge on any atom is -0.332 e. The zero-order chi connectivity index (χ0) is 21.5. The smallest absolute Gasteiger partial charge is 0.256 e. The molecule has 0 spiro atoms. The molecule has 0 N–H and O–H groups in total. The molecule has 2 amide bonds. The van der Waals surface area contributed by atoms with Gasteiger partial charge in [-0.05, 0) is 37.5 Å². The van der Waals surface area contributed by atoms with Crippen LogP contribution in [0.3, 0.4) is 0 Å². The monoisotopic (exact) mass is 466 g/mol. The highest BCUT2D eigenvalue weighted by atomic mass is 35.5. The second-order valence-corrected chi connectivity index (χ2v) is 10.3. The van der Waals surface area contributed by atoms with E-state index in [1.807, 2.05) is 35.2 Å². The van der Waals surface area contributed by atoms with E-state index >= 15 is 0 Å². The first-order valence-electron chi connectivity index (χ1n) is 10.4. The number of aryl methyl sites for hydroxylation is 1. The molecule has 0 atom stereocenters. The van der Waals surface area contributed by atoms with E-state index in [9.17, 15) is 9.59 Å². The van der Waals surface area contributed by atoms with Gasteiger partial charge >= 0.3 is 0 Å². The fourth-order valence-corrected chi connectivity index (χ4v) is 5.10. The van der Waals surface area contributed by atoms with E-state index in [1.54, 1.807) is 16.2 Å². The number of carbonyl (C=O) groups excluding carboxylic acids is 2. The zero-order valence-electron chi connectivity index (χ0n) is 17.2. The number of nitrogens with zero attached hydrogens (tertiary/aromatic N) is 2. The van der Waals surface area contributed by atoms with Crippen molar-refractivity contribution in [3.8, 4) is 0 Å². The molecule has 4 nitrogen and oxygen atoms in total. The van der Waals surface area contributed by atoms with E-state index in [4.69, 9.17) is 23.2 Å². The molecular formula is C23H28Cl2N2O2S. The van der Waals surface area contributed by atoms with E-state index in [0.29, 0.717) is 13.1 Å². The number of carbonyl (C=O) groups is 2. The third-order valence-corrected chi connectivity index (χ3v) is 6.86. The van der Waals surface area contributed by atoms with Gasteiger partial charge in [0.2, 0.25) is 5.91 Å². The summed E-state index contributed by atoms with van der Waals surface area (Å²) in [6.07, 6.45) is 5.06. The van der Waals surface area contributed by atoms with Crippen LogP contribution in [0.25, 0.3) is 0 Å². The largest absolute Gasteiger partial charge is 0.332 e. The number of hydrogen-bond donors (Lipinski definition) is 0. The molecule has 0 unspecified atom stereocenters. The van der Waals surface area contributed by atoms with Crippen LogP contribution in [0, 0.1) is 6.92 Å². The fourth-order valence-electron chi connectivity index (χ4n) is 3.95. The number of alkyl halides is 2. The summed E-state index contributed by atoms with van der Waals surface area (Å²) in [4.78, 5) is 30.7. The van der Waals surface area contributed by atoms with Gasteiger partial charge in [-0.25, -0.2) is 0 Å². The summed E-state index contributed by atoms with van der Waals surface area (Å²) in [6, 6.07) is 14.1. The Labute approximate surface area is 192 Å². The molecule has 0 saturated heterocycles. The molecule has 2 aromatic rings. The molecule has 7 heteroatoms. The molecule has 0 aliphatic heterocycles. The number of amides is 2. The van der Waals surface area contributed by atoms with Gasteiger partial charge < -0.3 is 9.80 Å².